The zero-order valence-corrected chi connectivity index (χ0v) is 18.6. The van der Waals surface area contributed by atoms with Crippen LogP contribution in [0.4, 0.5) is 11.4 Å². The number of carbonyl (C=O) groups is 1. The van der Waals surface area contributed by atoms with Crippen LogP contribution in [0.15, 0.2) is 101 Å². The highest BCUT2D eigenvalue weighted by molar-refractivity contribution is 6.22. The quantitative estimate of drug-likeness (QED) is 0.205. The number of nitro benzene ring substituents is 1. The Balaban J connectivity index is 1.49. The Kier molecular flexibility index (Phi) is 5.68. The number of amides is 1. The number of nitro groups is 1. The molecule has 172 valence electrons. The summed E-state index contributed by atoms with van der Waals surface area (Å²) in [5.74, 6) is 1.26. The number of carbonyl (C=O) groups excluding carboxylic acids is 1. The van der Waals surface area contributed by atoms with Crippen molar-refractivity contribution in [3.63, 3.8) is 0 Å². The molecule has 0 aliphatic carbocycles. The van der Waals surface area contributed by atoms with Crippen molar-refractivity contribution in [1.82, 2.24) is 4.98 Å². The molecule has 4 aromatic rings. The van der Waals surface area contributed by atoms with E-state index in [9.17, 15) is 14.9 Å². The highest BCUT2D eigenvalue weighted by Crippen LogP contribution is 2.36. The molecule has 0 unspecified atom stereocenters. The minimum absolute atomic E-state index is 0.00546. The van der Waals surface area contributed by atoms with Crippen molar-refractivity contribution in [1.29, 1.82) is 0 Å². The van der Waals surface area contributed by atoms with Gasteiger partial charge in [-0.05, 0) is 48.0 Å². The summed E-state index contributed by atoms with van der Waals surface area (Å²) in [4.78, 5) is 29.8. The maximum atomic E-state index is 13.5. The number of non-ortho nitro benzene ring substituents is 1. The third kappa shape index (κ3) is 4.32. The van der Waals surface area contributed by atoms with Crippen LogP contribution in [0.2, 0.25) is 0 Å². The van der Waals surface area contributed by atoms with E-state index in [1.165, 1.54) is 19.2 Å². The minimum Gasteiger partial charge on any atom is -0.481 e. The van der Waals surface area contributed by atoms with Gasteiger partial charge in [0.1, 0.15) is 11.5 Å². The van der Waals surface area contributed by atoms with Gasteiger partial charge in [-0.2, -0.15) is 0 Å². The fourth-order valence-electron chi connectivity index (χ4n) is 3.80. The lowest BCUT2D eigenvalue weighted by Crippen LogP contribution is -2.25. The van der Waals surface area contributed by atoms with E-state index in [1.807, 2.05) is 36.4 Å². The molecule has 0 N–H and O–H groups in total. The van der Waals surface area contributed by atoms with Gasteiger partial charge in [-0.3, -0.25) is 19.8 Å². The molecular formula is C27H19N3O5. The number of nitrogens with zero attached hydrogens (tertiary/aromatic N) is 3. The van der Waals surface area contributed by atoms with Crippen LogP contribution in [0.3, 0.4) is 0 Å². The van der Waals surface area contributed by atoms with Gasteiger partial charge in [-0.15, -0.1) is 0 Å². The number of ether oxygens (including phenoxy) is 1. The van der Waals surface area contributed by atoms with Crippen LogP contribution in [-0.2, 0) is 4.79 Å². The van der Waals surface area contributed by atoms with Gasteiger partial charge in [-0.1, -0.05) is 30.3 Å². The second-order valence-corrected chi connectivity index (χ2v) is 7.70. The van der Waals surface area contributed by atoms with E-state index in [0.29, 0.717) is 34.2 Å². The molecule has 2 aromatic carbocycles. The summed E-state index contributed by atoms with van der Waals surface area (Å²) in [7, 11) is 1.54. The first-order valence-electron chi connectivity index (χ1n) is 10.7. The monoisotopic (exact) mass is 465 g/mol. The smallest absolute Gasteiger partial charge is 0.269 e. The van der Waals surface area contributed by atoms with E-state index >= 15 is 0 Å². The Hall–Kier alpha value is -4.98. The van der Waals surface area contributed by atoms with Gasteiger partial charge in [0.15, 0.2) is 0 Å². The Morgan fingerprint density at radius 2 is 1.74 bits per heavy atom. The topological polar surface area (TPSA) is 98.7 Å². The number of rotatable bonds is 6. The predicted octanol–water partition coefficient (Wildman–Crippen LogP) is 5.73. The van der Waals surface area contributed by atoms with Crippen molar-refractivity contribution in [2.75, 3.05) is 12.0 Å². The third-order valence-electron chi connectivity index (χ3n) is 5.53. The summed E-state index contributed by atoms with van der Waals surface area (Å²) in [6, 6.07) is 22.7. The lowest BCUT2D eigenvalue weighted by Gasteiger charge is -2.20. The van der Waals surface area contributed by atoms with Gasteiger partial charge in [0.25, 0.3) is 11.6 Å². The van der Waals surface area contributed by atoms with Crippen LogP contribution in [0.1, 0.15) is 11.3 Å². The van der Waals surface area contributed by atoms with E-state index in [2.05, 4.69) is 4.98 Å². The van der Waals surface area contributed by atoms with Crippen molar-refractivity contribution >= 4 is 29.1 Å². The molecule has 0 radical (unpaired) electrons. The highest BCUT2D eigenvalue weighted by Gasteiger charge is 2.31. The van der Waals surface area contributed by atoms with Crippen LogP contribution in [0.5, 0.6) is 5.88 Å². The molecule has 8 heteroatoms. The molecule has 1 aliphatic rings. The maximum Gasteiger partial charge on any atom is 0.269 e. The van der Waals surface area contributed by atoms with E-state index in [0.717, 1.165) is 11.3 Å². The summed E-state index contributed by atoms with van der Waals surface area (Å²) in [6.45, 7) is 0. The fraction of sp³-hybridized carbons (Fsp3) is 0.0370. The Morgan fingerprint density at radius 3 is 2.40 bits per heavy atom. The molecule has 1 amide bonds. The van der Waals surface area contributed by atoms with Crippen molar-refractivity contribution in [3.05, 3.63) is 118 Å². The minimum atomic E-state index is -0.450. The summed E-state index contributed by atoms with van der Waals surface area (Å²) < 4.78 is 11.1. The number of hydrogen-bond donors (Lipinski definition) is 0. The molecule has 0 bridgehead atoms. The number of pyridine rings is 1. The molecular weight excluding hydrogens is 446 g/mol. The number of aromatic nitrogens is 1. The fourth-order valence-corrected chi connectivity index (χ4v) is 3.80. The first-order valence-corrected chi connectivity index (χ1v) is 10.7. The molecule has 0 fully saturated rings. The van der Waals surface area contributed by atoms with Gasteiger partial charge in [0.05, 0.1) is 29.6 Å². The van der Waals surface area contributed by atoms with E-state index in [-0.39, 0.29) is 11.6 Å². The van der Waals surface area contributed by atoms with Gasteiger partial charge in [0, 0.05) is 29.3 Å². The second-order valence-electron chi connectivity index (χ2n) is 7.70. The SMILES string of the molecule is COc1ccc(N2C(=O)/C(=C/c3ccc(-c4ccc([N+](=O)[O-])cc4)o3)C=C2c2ccccc2)cn1. The normalized spacial score (nSPS) is 14.3. The first kappa shape index (κ1) is 21.8. The molecule has 8 nitrogen and oxygen atoms in total. The Labute approximate surface area is 200 Å². The molecule has 0 saturated carbocycles. The lowest BCUT2D eigenvalue weighted by molar-refractivity contribution is -0.384. The van der Waals surface area contributed by atoms with E-state index in [4.69, 9.17) is 9.15 Å². The van der Waals surface area contributed by atoms with Gasteiger partial charge < -0.3 is 9.15 Å². The zero-order valence-electron chi connectivity index (χ0n) is 18.6. The Bertz CT molecular complexity index is 1450. The second kappa shape index (κ2) is 9.11. The number of hydrogen-bond acceptors (Lipinski definition) is 6. The highest BCUT2D eigenvalue weighted by atomic mass is 16.6. The molecule has 1 aliphatic heterocycles. The van der Waals surface area contributed by atoms with Crippen LogP contribution < -0.4 is 9.64 Å². The van der Waals surface area contributed by atoms with E-state index in [1.54, 1.807) is 53.6 Å². The van der Waals surface area contributed by atoms with Crippen LogP contribution in [0.25, 0.3) is 23.1 Å². The zero-order chi connectivity index (χ0) is 24.4. The standard InChI is InChI=1S/C27H19N3O5/c1-34-26-14-11-22(17-28-26)29-24(18-5-3-2-4-6-18)16-20(27(29)31)15-23-12-13-25(35-23)19-7-9-21(10-8-19)30(32)33/h2-17H,1H3/b20-15+. The predicted molar refractivity (Wildman–Crippen MR) is 131 cm³/mol. The molecule has 3 heterocycles. The number of benzene rings is 2. The average molecular weight is 465 g/mol. The third-order valence-corrected chi connectivity index (χ3v) is 5.53. The number of anilines is 1. The summed E-state index contributed by atoms with van der Waals surface area (Å²) >= 11 is 0. The summed E-state index contributed by atoms with van der Waals surface area (Å²) in [6.07, 6.45) is 5.09. The summed E-state index contributed by atoms with van der Waals surface area (Å²) in [5, 5.41) is 10.9. The average Bonchev–Trinajstić information content (AvgIpc) is 3.49. The molecule has 0 saturated heterocycles. The molecule has 0 atom stereocenters. The summed E-state index contributed by atoms with van der Waals surface area (Å²) in [5.41, 5.74) is 3.36. The van der Waals surface area contributed by atoms with Gasteiger partial charge in [-0.25, -0.2) is 4.98 Å². The van der Waals surface area contributed by atoms with Crippen molar-refractivity contribution in [3.8, 4) is 17.2 Å². The maximum absolute atomic E-state index is 13.5. The van der Waals surface area contributed by atoms with Crippen molar-refractivity contribution in [2.24, 2.45) is 0 Å². The molecule has 2 aromatic heterocycles. The van der Waals surface area contributed by atoms with Gasteiger partial charge >= 0.3 is 0 Å². The molecule has 35 heavy (non-hydrogen) atoms. The van der Waals surface area contributed by atoms with Gasteiger partial charge in [0.2, 0.25) is 5.88 Å². The lowest BCUT2D eigenvalue weighted by atomic mass is 10.1. The Morgan fingerprint density at radius 1 is 0.971 bits per heavy atom. The van der Waals surface area contributed by atoms with Crippen LogP contribution in [-0.4, -0.2) is 22.9 Å². The van der Waals surface area contributed by atoms with Crippen molar-refractivity contribution in [2.45, 2.75) is 0 Å². The van der Waals surface area contributed by atoms with E-state index < -0.39 is 4.92 Å². The first-order chi connectivity index (χ1) is 17.0. The van der Waals surface area contributed by atoms with Crippen LogP contribution in [0, 0.1) is 10.1 Å². The number of furan rings is 1. The largest absolute Gasteiger partial charge is 0.481 e. The molecule has 0 spiro atoms. The van der Waals surface area contributed by atoms with Crippen LogP contribution >= 0.6 is 0 Å². The van der Waals surface area contributed by atoms with Crippen molar-refractivity contribution < 1.29 is 18.9 Å². The molecule has 5 rings (SSSR count). The number of methoxy groups -OCH3 is 1.